The summed E-state index contributed by atoms with van der Waals surface area (Å²) in [7, 11) is 2.63. The number of esters is 1. The standard InChI is InChI=1S/C24H23NO4/c1-22(2,3)25-14-23(21(27)29-5)19(20(26)28-4)24(23)17-12-8-6-10-15(17)16-11-7-9-13-18(16)24/h6-13H,1-5H3/b20-19+. The summed E-state index contributed by atoms with van der Waals surface area (Å²) in [5.41, 5.74) is 1.00. The maximum absolute atomic E-state index is 13.3. The van der Waals surface area contributed by atoms with Crippen molar-refractivity contribution in [2.45, 2.75) is 31.7 Å². The summed E-state index contributed by atoms with van der Waals surface area (Å²) in [5, 5.41) is 13.0. The zero-order valence-electron chi connectivity index (χ0n) is 17.2. The number of fused-ring (bicyclic) bond motifs is 5. The van der Waals surface area contributed by atoms with Gasteiger partial charge in [-0.2, -0.15) is 0 Å². The molecule has 4 rings (SSSR count). The molecule has 1 saturated carbocycles. The Bertz CT molecular complexity index is 1070. The third-order valence-corrected chi connectivity index (χ3v) is 5.64. The van der Waals surface area contributed by atoms with Crippen LogP contribution in [-0.4, -0.2) is 25.7 Å². The zero-order chi connectivity index (χ0) is 21.0. The lowest BCUT2D eigenvalue weighted by Crippen LogP contribution is -2.27. The van der Waals surface area contributed by atoms with Crippen LogP contribution in [0, 0.1) is 11.5 Å². The lowest BCUT2D eigenvalue weighted by atomic mass is 9.84. The van der Waals surface area contributed by atoms with Crippen molar-refractivity contribution in [1.82, 2.24) is 0 Å². The van der Waals surface area contributed by atoms with E-state index in [1.807, 2.05) is 69.3 Å². The minimum atomic E-state index is -1.47. The van der Waals surface area contributed by atoms with Crippen molar-refractivity contribution in [3.05, 3.63) is 76.0 Å². The Morgan fingerprint density at radius 2 is 1.48 bits per heavy atom. The average molecular weight is 389 g/mol. The molecule has 2 aliphatic carbocycles. The molecule has 0 N–H and O–H groups in total. The maximum Gasteiger partial charge on any atom is 0.336 e. The molecule has 1 atom stereocenters. The number of carbonyl (C=O) groups excluding carboxylic acids is 1. The van der Waals surface area contributed by atoms with Gasteiger partial charge in [-0.3, -0.25) is 0 Å². The molecule has 2 aromatic carbocycles. The van der Waals surface area contributed by atoms with Crippen molar-refractivity contribution in [3.8, 4) is 17.2 Å². The minimum Gasteiger partial charge on any atom is -0.616 e. The van der Waals surface area contributed by atoms with Gasteiger partial charge in [-0.05, 0) is 29.4 Å². The van der Waals surface area contributed by atoms with E-state index in [9.17, 15) is 9.90 Å². The fourth-order valence-corrected chi connectivity index (χ4v) is 4.57. The number of hydrogen-bond donors (Lipinski definition) is 0. The van der Waals surface area contributed by atoms with Crippen molar-refractivity contribution in [1.29, 1.82) is 0 Å². The Morgan fingerprint density at radius 3 is 1.93 bits per heavy atom. The Kier molecular flexibility index (Phi) is 4.02. The topological polar surface area (TPSA) is 63.0 Å². The molecule has 2 aliphatic rings. The highest BCUT2D eigenvalue weighted by Crippen LogP contribution is 2.78. The second-order valence-electron chi connectivity index (χ2n) is 8.34. The van der Waals surface area contributed by atoms with Crippen LogP contribution in [0.3, 0.4) is 0 Å². The van der Waals surface area contributed by atoms with Gasteiger partial charge in [0.25, 0.3) is 11.6 Å². The summed E-state index contributed by atoms with van der Waals surface area (Å²) in [5.74, 6) is -1.13. The smallest absolute Gasteiger partial charge is 0.336 e. The van der Waals surface area contributed by atoms with E-state index in [-0.39, 0.29) is 0 Å². The molecule has 1 unspecified atom stereocenters. The van der Waals surface area contributed by atoms with Gasteiger partial charge in [0.1, 0.15) is 0 Å². The normalized spacial score (nSPS) is 22.1. The Morgan fingerprint density at radius 1 is 0.966 bits per heavy atom. The molecule has 148 valence electrons. The van der Waals surface area contributed by atoms with Crippen LogP contribution in [0.25, 0.3) is 16.0 Å². The summed E-state index contributed by atoms with van der Waals surface area (Å²) >= 11 is 0. The van der Waals surface area contributed by atoms with Crippen LogP contribution in [0.5, 0.6) is 0 Å². The van der Waals surface area contributed by atoms with E-state index in [0.717, 1.165) is 22.3 Å². The van der Waals surface area contributed by atoms with Crippen LogP contribution >= 0.6 is 0 Å². The first-order valence-corrected chi connectivity index (χ1v) is 9.48. The van der Waals surface area contributed by atoms with Crippen LogP contribution in [0.15, 0.2) is 60.0 Å². The highest BCUT2D eigenvalue weighted by molar-refractivity contribution is 6.04. The summed E-state index contributed by atoms with van der Waals surface area (Å²) in [6.45, 7) is 5.73. The highest BCUT2D eigenvalue weighted by atomic mass is 16.6. The van der Waals surface area contributed by atoms with Gasteiger partial charge in [0, 0.05) is 26.3 Å². The predicted octanol–water partition coefficient (Wildman–Crippen LogP) is 3.48. The van der Waals surface area contributed by atoms with Gasteiger partial charge in [0.15, 0.2) is 0 Å². The second kappa shape index (κ2) is 6.12. The van der Waals surface area contributed by atoms with Crippen molar-refractivity contribution in [2.24, 2.45) is 5.41 Å². The average Bonchev–Trinajstić information content (AvgIpc) is 3.24. The third kappa shape index (κ3) is 2.29. The van der Waals surface area contributed by atoms with E-state index in [0.29, 0.717) is 5.57 Å². The summed E-state index contributed by atoms with van der Waals surface area (Å²) in [4.78, 5) is 17.8. The van der Waals surface area contributed by atoms with Crippen LogP contribution in [0.2, 0.25) is 0 Å². The van der Waals surface area contributed by atoms with Crippen molar-refractivity contribution >= 4 is 5.97 Å². The van der Waals surface area contributed by atoms with E-state index >= 15 is 0 Å². The van der Waals surface area contributed by atoms with Gasteiger partial charge in [-0.1, -0.05) is 53.4 Å². The molecule has 0 bridgehead atoms. The highest BCUT2D eigenvalue weighted by Gasteiger charge is 2.85. The first kappa shape index (κ1) is 19.1. The quantitative estimate of drug-likeness (QED) is 0.583. The molecular weight excluding hydrogens is 366 g/mol. The van der Waals surface area contributed by atoms with Gasteiger partial charge < -0.3 is 14.6 Å². The number of ether oxygens (including phenoxy) is 2. The van der Waals surface area contributed by atoms with Gasteiger partial charge in [0.2, 0.25) is 5.41 Å². The van der Waals surface area contributed by atoms with E-state index in [1.165, 1.54) is 14.2 Å². The second-order valence-corrected chi connectivity index (χ2v) is 8.34. The number of rotatable bonds is 2. The van der Waals surface area contributed by atoms with Crippen LogP contribution < -0.4 is 5.11 Å². The molecule has 1 fully saturated rings. The lowest BCUT2D eigenvalue weighted by Gasteiger charge is -2.15. The summed E-state index contributed by atoms with van der Waals surface area (Å²) < 4.78 is 10.3. The van der Waals surface area contributed by atoms with Crippen molar-refractivity contribution in [2.75, 3.05) is 14.2 Å². The molecule has 29 heavy (non-hydrogen) atoms. The molecule has 0 amide bonds. The molecule has 5 heteroatoms. The largest absolute Gasteiger partial charge is 0.616 e. The lowest BCUT2D eigenvalue weighted by molar-refractivity contribution is -0.354. The molecular formula is C24H23NO4. The van der Waals surface area contributed by atoms with Gasteiger partial charge in [-0.25, -0.2) is 4.79 Å². The molecule has 2 aromatic rings. The SMILES string of the molecule is COC(=O)C1(C#[N+]C(C)(C)C)/C(=C(/[O-])OC)C12c1ccccc1-c1ccccc12. The van der Waals surface area contributed by atoms with Gasteiger partial charge in [0.05, 0.1) is 18.5 Å². The van der Waals surface area contributed by atoms with Gasteiger partial charge in [-0.15, -0.1) is 0 Å². The van der Waals surface area contributed by atoms with E-state index in [2.05, 4.69) is 10.9 Å². The Balaban J connectivity index is 2.16. The number of methoxy groups -OCH3 is 2. The summed E-state index contributed by atoms with van der Waals surface area (Å²) in [6.07, 6.45) is 0. The Labute approximate surface area is 170 Å². The fraction of sp³-hybridized carbons (Fsp3) is 0.333. The van der Waals surface area contributed by atoms with E-state index < -0.39 is 28.3 Å². The zero-order valence-corrected chi connectivity index (χ0v) is 17.2. The molecule has 1 spiro atoms. The van der Waals surface area contributed by atoms with Crippen LogP contribution in [0.4, 0.5) is 0 Å². The van der Waals surface area contributed by atoms with E-state index in [4.69, 9.17) is 9.47 Å². The fourth-order valence-electron chi connectivity index (χ4n) is 4.57. The monoisotopic (exact) mass is 389 g/mol. The van der Waals surface area contributed by atoms with Crippen molar-refractivity contribution < 1.29 is 19.4 Å². The third-order valence-electron chi connectivity index (χ3n) is 5.64. The van der Waals surface area contributed by atoms with E-state index in [1.54, 1.807) is 0 Å². The first-order chi connectivity index (χ1) is 13.8. The molecule has 0 saturated heterocycles. The predicted molar refractivity (Wildman–Crippen MR) is 108 cm³/mol. The first-order valence-electron chi connectivity index (χ1n) is 9.48. The molecule has 0 aromatic heterocycles. The molecule has 0 heterocycles. The molecule has 0 radical (unpaired) electrons. The summed E-state index contributed by atoms with van der Waals surface area (Å²) in [6, 6.07) is 18.6. The number of benzene rings is 2. The number of nitrogens with zero attached hydrogens (tertiary/aromatic N) is 1. The maximum atomic E-state index is 13.3. The van der Waals surface area contributed by atoms with Gasteiger partial charge >= 0.3 is 5.97 Å². The number of hydrogen-bond acceptors (Lipinski definition) is 4. The van der Waals surface area contributed by atoms with Crippen LogP contribution in [0.1, 0.15) is 31.9 Å². The van der Waals surface area contributed by atoms with Crippen LogP contribution in [-0.2, 0) is 19.7 Å². The molecule has 5 nitrogen and oxygen atoms in total. The number of carbonyl (C=O) groups is 1. The Hall–Kier alpha value is -3.26. The molecule has 0 aliphatic heterocycles. The van der Waals surface area contributed by atoms with Crippen molar-refractivity contribution in [3.63, 3.8) is 0 Å². The minimum absolute atomic E-state index is 0.296.